The lowest BCUT2D eigenvalue weighted by molar-refractivity contribution is -0.119. The van der Waals surface area contributed by atoms with Gasteiger partial charge in [-0.05, 0) is 38.5 Å². The highest BCUT2D eigenvalue weighted by Gasteiger charge is 2.27. The quantitative estimate of drug-likeness (QED) is 0.652. The minimum Gasteiger partial charge on any atom is -0.489 e. The third-order valence-electron chi connectivity index (χ3n) is 3.93. The van der Waals surface area contributed by atoms with E-state index in [1.807, 2.05) is 20.8 Å². The van der Waals surface area contributed by atoms with Crippen LogP contribution in [0.2, 0.25) is 0 Å². The van der Waals surface area contributed by atoms with Gasteiger partial charge >= 0.3 is 0 Å². The zero-order chi connectivity index (χ0) is 19.9. The summed E-state index contributed by atoms with van der Waals surface area (Å²) in [7, 11) is -3.63. The van der Waals surface area contributed by atoms with Gasteiger partial charge in [-0.3, -0.25) is 4.79 Å². The molecule has 1 saturated heterocycles. The Labute approximate surface area is 161 Å². The molecule has 1 aliphatic rings. The van der Waals surface area contributed by atoms with Crippen molar-refractivity contribution in [1.29, 1.82) is 0 Å². The van der Waals surface area contributed by atoms with Crippen LogP contribution in [0, 0.1) is 0 Å². The number of rotatable bonds is 9. The van der Waals surface area contributed by atoms with E-state index in [-0.39, 0.29) is 23.5 Å². The van der Waals surface area contributed by atoms with Crippen molar-refractivity contribution in [2.45, 2.75) is 38.2 Å². The van der Waals surface area contributed by atoms with Gasteiger partial charge < -0.3 is 20.1 Å². The van der Waals surface area contributed by atoms with Gasteiger partial charge in [0.15, 0.2) is 0 Å². The van der Waals surface area contributed by atoms with Crippen LogP contribution < -0.4 is 15.4 Å². The maximum Gasteiger partial charge on any atom is 0.243 e. The summed E-state index contributed by atoms with van der Waals surface area (Å²) in [5.41, 5.74) is 0.477. The number of morpholine rings is 1. The van der Waals surface area contributed by atoms with Crippen molar-refractivity contribution < 1.29 is 22.7 Å². The van der Waals surface area contributed by atoms with E-state index < -0.39 is 10.0 Å². The topological polar surface area (TPSA) is 97.0 Å². The van der Waals surface area contributed by atoms with E-state index in [2.05, 4.69) is 10.6 Å². The van der Waals surface area contributed by atoms with Crippen molar-refractivity contribution in [2.24, 2.45) is 0 Å². The predicted octanol–water partition coefficient (Wildman–Crippen LogP) is 1.43. The lowest BCUT2D eigenvalue weighted by atomic mass is 10.2. The molecule has 1 heterocycles. The van der Waals surface area contributed by atoms with Crippen LogP contribution in [0.5, 0.6) is 5.75 Å². The second-order valence-corrected chi connectivity index (χ2v) is 8.48. The Bertz CT molecular complexity index is 731. The van der Waals surface area contributed by atoms with Crippen molar-refractivity contribution in [2.75, 3.05) is 44.7 Å². The molecule has 1 aromatic rings. The molecule has 0 bridgehead atoms. The number of sulfonamides is 1. The zero-order valence-electron chi connectivity index (χ0n) is 16.2. The number of hydrogen-bond acceptors (Lipinski definition) is 6. The number of anilines is 1. The molecular formula is C18H29N3O5S. The summed E-state index contributed by atoms with van der Waals surface area (Å²) in [5.74, 6) is 0.350. The average molecular weight is 400 g/mol. The molecule has 0 atom stereocenters. The molecule has 9 heteroatoms. The average Bonchev–Trinajstić information content (AvgIpc) is 2.65. The molecule has 2 rings (SSSR count). The maximum absolute atomic E-state index is 12.9. The van der Waals surface area contributed by atoms with E-state index in [0.29, 0.717) is 44.3 Å². The first kappa shape index (κ1) is 21.5. The smallest absolute Gasteiger partial charge is 0.243 e. The Balaban J connectivity index is 2.23. The molecule has 1 aliphatic heterocycles. The lowest BCUT2D eigenvalue weighted by Gasteiger charge is -2.26. The number of carbonyl (C=O) groups is 1. The van der Waals surface area contributed by atoms with Crippen LogP contribution >= 0.6 is 0 Å². The number of amides is 1. The minimum absolute atomic E-state index is 0.0372. The van der Waals surface area contributed by atoms with Crippen molar-refractivity contribution in [3.05, 3.63) is 18.2 Å². The third kappa shape index (κ3) is 6.08. The molecule has 1 aromatic carbocycles. The van der Waals surface area contributed by atoms with Gasteiger partial charge in [-0.2, -0.15) is 4.31 Å². The van der Waals surface area contributed by atoms with E-state index in [4.69, 9.17) is 9.47 Å². The van der Waals surface area contributed by atoms with Crippen LogP contribution in [0.1, 0.15) is 27.2 Å². The van der Waals surface area contributed by atoms with Crippen LogP contribution in [0.4, 0.5) is 5.69 Å². The highest BCUT2D eigenvalue weighted by Crippen LogP contribution is 2.30. The van der Waals surface area contributed by atoms with E-state index in [0.717, 1.165) is 6.42 Å². The van der Waals surface area contributed by atoms with Crippen LogP contribution in [-0.4, -0.2) is 64.1 Å². The van der Waals surface area contributed by atoms with Crippen molar-refractivity contribution in [3.8, 4) is 5.75 Å². The Morgan fingerprint density at radius 1 is 1.30 bits per heavy atom. The van der Waals surface area contributed by atoms with Gasteiger partial charge in [-0.1, -0.05) is 6.92 Å². The van der Waals surface area contributed by atoms with E-state index in [9.17, 15) is 13.2 Å². The summed E-state index contributed by atoms with van der Waals surface area (Å²) in [6.07, 6.45) is 0.766. The van der Waals surface area contributed by atoms with Gasteiger partial charge in [0, 0.05) is 19.6 Å². The fourth-order valence-corrected chi connectivity index (χ4v) is 4.04. The first-order valence-corrected chi connectivity index (χ1v) is 10.7. The van der Waals surface area contributed by atoms with Crippen LogP contribution in [0.15, 0.2) is 23.1 Å². The normalized spacial score (nSPS) is 15.6. The fourth-order valence-electron chi connectivity index (χ4n) is 2.60. The standard InChI is InChI=1S/C18H29N3O5S/c1-4-7-19-18(22)13-20-16-12-15(5-6-17(16)26-14(2)3)27(23,24)21-8-10-25-11-9-21/h5-6,12,14,20H,4,7-11,13H2,1-3H3,(H,19,22). The number of benzene rings is 1. The predicted molar refractivity (Wildman–Crippen MR) is 104 cm³/mol. The summed E-state index contributed by atoms with van der Waals surface area (Å²) in [6.45, 7) is 7.81. The molecular weight excluding hydrogens is 370 g/mol. The maximum atomic E-state index is 12.9. The zero-order valence-corrected chi connectivity index (χ0v) is 17.0. The Kier molecular flexibility index (Phi) is 7.88. The molecule has 1 fully saturated rings. The summed E-state index contributed by atoms with van der Waals surface area (Å²) >= 11 is 0. The number of nitrogens with one attached hydrogen (secondary N) is 2. The second kappa shape index (κ2) is 9.91. The summed E-state index contributed by atoms with van der Waals surface area (Å²) < 4.78 is 38.1. The van der Waals surface area contributed by atoms with Gasteiger partial charge in [-0.25, -0.2) is 8.42 Å². The van der Waals surface area contributed by atoms with Gasteiger partial charge in [0.1, 0.15) is 5.75 Å². The molecule has 0 spiro atoms. The molecule has 1 amide bonds. The molecule has 0 aromatic heterocycles. The molecule has 2 N–H and O–H groups in total. The molecule has 8 nitrogen and oxygen atoms in total. The van der Waals surface area contributed by atoms with Gasteiger partial charge in [-0.15, -0.1) is 0 Å². The van der Waals surface area contributed by atoms with Gasteiger partial charge in [0.2, 0.25) is 15.9 Å². The van der Waals surface area contributed by atoms with Crippen LogP contribution in [0.3, 0.4) is 0 Å². The number of carbonyl (C=O) groups excluding carboxylic acids is 1. The van der Waals surface area contributed by atoms with Crippen molar-refractivity contribution >= 4 is 21.6 Å². The Hall–Kier alpha value is -1.84. The SMILES string of the molecule is CCCNC(=O)CNc1cc(S(=O)(=O)N2CCOCC2)ccc1OC(C)C. The highest BCUT2D eigenvalue weighted by molar-refractivity contribution is 7.89. The van der Waals surface area contributed by atoms with Gasteiger partial charge in [0.05, 0.1) is 36.4 Å². The Morgan fingerprint density at radius 3 is 2.63 bits per heavy atom. The first-order valence-electron chi connectivity index (χ1n) is 9.23. The molecule has 27 heavy (non-hydrogen) atoms. The lowest BCUT2D eigenvalue weighted by Crippen LogP contribution is -2.40. The molecule has 0 unspecified atom stereocenters. The molecule has 0 saturated carbocycles. The number of ether oxygens (including phenoxy) is 2. The summed E-state index contributed by atoms with van der Waals surface area (Å²) in [5, 5.41) is 5.77. The largest absolute Gasteiger partial charge is 0.489 e. The Morgan fingerprint density at radius 2 is 2.00 bits per heavy atom. The fraction of sp³-hybridized carbons (Fsp3) is 0.611. The van der Waals surface area contributed by atoms with Crippen molar-refractivity contribution in [1.82, 2.24) is 9.62 Å². The van der Waals surface area contributed by atoms with E-state index >= 15 is 0 Å². The molecule has 0 aliphatic carbocycles. The van der Waals surface area contributed by atoms with Crippen LogP contribution in [-0.2, 0) is 19.6 Å². The summed E-state index contributed by atoms with van der Waals surface area (Å²) in [4.78, 5) is 12.0. The van der Waals surface area contributed by atoms with E-state index in [1.165, 1.54) is 16.4 Å². The summed E-state index contributed by atoms with van der Waals surface area (Å²) in [6, 6.07) is 4.68. The van der Waals surface area contributed by atoms with E-state index in [1.54, 1.807) is 6.07 Å². The molecule has 0 radical (unpaired) electrons. The van der Waals surface area contributed by atoms with Crippen LogP contribution in [0.25, 0.3) is 0 Å². The third-order valence-corrected chi connectivity index (χ3v) is 5.83. The molecule has 152 valence electrons. The number of hydrogen-bond donors (Lipinski definition) is 2. The van der Waals surface area contributed by atoms with Crippen molar-refractivity contribution in [3.63, 3.8) is 0 Å². The first-order chi connectivity index (χ1) is 12.8. The number of nitrogens with zero attached hydrogens (tertiary/aromatic N) is 1. The minimum atomic E-state index is -3.63. The van der Waals surface area contributed by atoms with Gasteiger partial charge in [0.25, 0.3) is 0 Å². The second-order valence-electron chi connectivity index (χ2n) is 6.54. The monoisotopic (exact) mass is 399 g/mol. The highest BCUT2D eigenvalue weighted by atomic mass is 32.2.